The second-order valence-electron chi connectivity index (χ2n) is 5.22. The van der Waals surface area contributed by atoms with E-state index in [4.69, 9.17) is 11.6 Å². The van der Waals surface area contributed by atoms with E-state index in [0.29, 0.717) is 16.4 Å². The van der Waals surface area contributed by atoms with Gasteiger partial charge in [0.2, 0.25) is 11.8 Å². The molecule has 0 bridgehead atoms. The zero-order valence-electron chi connectivity index (χ0n) is 12.7. The van der Waals surface area contributed by atoms with Crippen LogP contribution >= 0.6 is 27.5 Å². The summed E-state index contributed by atoms with van der Waals surface area (Å²) in [6.45, 7) is 3.79. The fourth-order valence-corrected chi connectivity index (χ4v) is 2.84. The second-order valence-corrected chi connectivity index (χ2v) is 6.51. The Morgan fingerprint density at radius 1 is 1.00 bits per heavy atom. The first-order chi connectivity index (χ1) is 10.8. The Morgan fingerprint density at radius 2 is 1.61 bits per heavy atom. The molecule has 0 aliphatic carbocycles. The van der Waals surface area contributed by atoms with Gasteiger partial charge in [0.05, 0.1) is 5.69 Å². The predicted octanol–water partition coefficient (Wildman–Crippen LogP) is 4.69. The lowest BCUT2D eigenvalue weighted by molar-refractivity contribution is -0.123. The molecule has 0 atom stereocenters. The molecule has 6 heteroatoms. The molecule has 0 unspecified atom stereocenters. The highest BCUT2D eigenvalue weighted by atomic mass is 79.9. The van der Waals surface area contributed by atoms with Crippen LogP contribution in [0.2, 0.25) is 5.02 Å². The second kappa shape index (κ2) is 7.62. The van der Waals surface area contributed by atoms with Gasteiger partial charge in [0.25, 0.3) is 0 Å². The first kappa shape index (κ1) is 17.5. The number of carbonyl (C=O) groups is 2. The molecule has 0 spiro atoms. The van der Waals surface area contributed by atoms with E-state index in [2.05, 4.69) is 26.6 Å². The van der Waals surface area contributed by atoms with Gasteiger partial charge in [-0.25, -0.2) is 0 Å². The van der Waals surface area contributed by atoms with Crippen LogP contribution < -0.4 is 10.6 Å². The first-order valence-electron chi connectivity index (χ1n) is 6.97. The summed E-state index contributed by atoms with van der Waals surface area (Å²) in [5.74, 6) is -0.755. The molecule has 2 amide bonds. The lowest BCUT2D eigenvalue weighted by Crippen LogP contribution is -2.22. The summed E-state index contributed by atoms with van der Waals surface area (Å²) in [4.78, 5) is 23.9. The van der Waals surface area contributed by atoms with Gasteiger partial charge in [0.1, 0.15) is 6.42 Å². The Labute approximate surface area is 148 Å². The minimum atomic E-state index is -0.379. The maximum Gasteiger partial charge on any atom is 0.233 e. The van der Waals surface area contributed by atoms with Crippen LogP contribution in [0.4, 0.5) is 11.4 Å². The van der Waals surface area contributed by atoms with Gasteiger partial charge in [0.15, 0.2) is 0 Å². The quantitative estimate of drug-likeness (QED) is 0.738. The zero-order valence-corrected chi connectivity index (χ0v) is 15.1. The summed E-state index contributed by atoms with van der Waals surface area (Å²) in [6.07, 6.45) is -0.262. The third-order valence-corrected chi connectivity index (χ3v) is 4.07. The maximum atomic E-state index is 12.0. The molecular formula is C17H16BrClN2O2. The summed E-state index contributed by atoms with van der Waals surface area (Å²) >= 11 is 9.26. The van der Waals surface area contributed by atoms with Crippen molar-refractivity contribution in [2.24, 2.45) is 0 Å². The van der Waals surface area contributed by atoms with E-state index in [1.165, 1.54) is 0 Å². The average Bonchev–Trinajstić information content (AvgIpc) is 2.45. The van der Waals surface area contributed by atoms with Gasteiger partial charge in [-0.15, -0.1) is 0 Å². The van der Waals surface area contributed by atoms with Crippen LogP contribution in [0.15, 0.2) is 40.9 Å². The number of amides is 2. The molecule has 0 saturated heterocycles. The van der Waals surface area contributed by atoms with Crippen molar-refractivity contribution in [1.29, 1.82) is 0 Å². The number of hydrogen-bond acceptors (Lipinski definition) is 2. The van der Waals surface area contributed by atoms with Crippen molar-refractivity contribution in [2.45, 2.75) is 20.3 Å². The van der Waals surface area contributed by atoms with Crippen LogP contribution in [0.1, 0.15) is 17.5 Å². The van der Waals surface area contributed by atoms with Crippen molar-refractivity contribution < 1.29 is 9.59 Å². The van der Waals surface area contributed by atoms with E-state index in [0.717, 1.165) is 15.6 Å². The summed E-state index contributed by atoms with van der Waals surface area (Å²) < 4.78 is 0.778. The molecule has 0 heterocycles. The van der Waals surface area contributed by atoms with E-state index in [1.807, 2.05) is 26.0 Å². The normalized spacial score (nSPS) is 10.3. The number of nitrogens with one attached hydrogen (secondary N) is 2. The van der Waals surface area contributed by atoms with E-state index in [1.54, 1.807) is 24.3 Å². The minimum absolute atomic E-state index is 0.262. The molecule has 2 rings (SSSR count). The lowest BCUT2D eigenvalue weighted by Gasteiger charge is -2.10. The summed E-state index contributed by atoms with van der Waals surface area (Å²) in [5, 5.41) is 6.02. The van der Waals surface area contributed by atoms with E-state index in [9.17, 15) is 9.59 Å². The molecule has 23 heavy (non-hydrogen) atoms. The highest BCUT2D eigenvalue weighted by Gasteiger charge is 2.12. The zero-order chi connectivity index (χ0) is 17.0. The molecule has 0 aromatic heterocycles. The molecule has 0 aliphatic rings. The number of rotatable bonds is 4. The molecule has 0 fully saturated rings. The van der Waals surface area contributed by atoms with Crippen molar-refractivity contribution >= 4 is 50.7 Å². The molecule has 2 aromatic carbocycles. The van der Waals surface area contributed by atoms with Gasteiger partial charge in [-0.3, -0.25) is 9.59 Å². The van der Waals surface area contributed by atoms with Gasteiger partial charge in [-0.2, -0.15) is 0 Å². The third-order valence-electron chi connectivity index (χ3n) is 3.18. The Balaban J connectivity index is 1.95. The van der Waals surface area contributed by atoms with Crippen molar-refractivity contribution in [1.82, 2.24) is 0 Å². The van der Waals surface area contributed by atoms with Gasteiger partial charge in [0, 0.05) is 15.2 Å². The SMILES string of the molecule is Cc1ccc(NC(=O)CC(=O)Nc2ccc(Cl)cc2C)c(Br)c1. The largest absolute Gasteiger partial charge is 0.325 e. The summed E-state index contributed by atoms with van der Waals surface area (Å²) in [5.41, 5.74) is 3.19. The molecular weight excluding hydrogens is 380 g/mol. The van der Waals surface area contributed by atoms with Crippen LogP contribution in [0.3, 0.4) is 0 Å². The Kier molecular flexibility index (Phi) is 5.80. The average molecular weight is 396 g/mol. The van der Waals surface area contributed by atoms with E-state index in [-0.39, 0.29) is 18.2 Å². The number of anilines is 2. The highest BCUT2D eigenvalue weighted by molar-refractivity contribution is 9.10. The first-order valence-corrected chi connectivity index (χ1v) is 8.14. The van der Waals surface area contributed by atoms with Crippen molar-refractivity contribution in [3.05, 3.63) is 57.0 Å². The standard InChI is InChI=1S/C17H16BrClN2O2/c1-10-3-5-15(13(18)7-10)21-17(23)9-16(22)20-14-6-4-12(19)8-11(14)2/h3-8H,9H2,1-2H3,(H,20,22)(H,21,23). The van der Waals surface area contributed by atoms with Gasteiger partial charge in [-0.1, -0.05) is 17.7 Å². The summed E-state index contributed by atoms with van der Waals surface area (Å²) in [7, 11) is 0. The maximum absolute atomic E-state index is 12.0. The minimum Gasteiger partial charge on any atom is -0.325 e. The van der Waals surface area contributed by atoms with Crippen molar-refractivity contribution in [3.8, 4) is 0 Å². The van der Waals surface area contributed by atoms with Crippen LogP contribution in [0, 0.1) is 13.8 Å². The molecule has 2 aromatic rings. The molecule has 2 N–H and O–H groups in total. The van der Waals surface area contributed by atoms with Crippen molar-refractivity contribution in [2.75, 3.05) is 10.6 Å². The molecule has 4 nitrogen and oxygen atoms in total. The third kappa shape index (κ3) is 5.08. The van der Waals surface area contributed by atoms with Crippen LogP contribution in [0.25, 0.3) is 0 Å². The number of aryl methyl sites for hydroxylation is 2. The Hall–Kier alpha value is -1.85. The fourth-order valence-electron chi connectivity index (χ4n) is 2.02. The number of benzene rings is 2. The molecule has 120 valence electrons. The number of halogens is 2. The lowest BCUT2D eigenvalue weighted by atomic mass is 10.2. The van der Waals surface area contributed by atoms with Crippen molar-refractivity contribution in [3.63, 3.8) is 0 Å². The van der Waals surface area contributed by atoms with E-state index < -0.39 is 0 Å². The highest BCUT2D eigenvalue weighted by Crippen LogP contribution is 2.23. The number of carbonyl (C=O) groups excluding carboxylic acids is 2. The van der Waals surface area contributed by atoms with Gasteiger partial charge < -0.3 is 10.6 Å². The predicted molar refractivity (Wildman–Crippen MR) is 96.9 cm³/mol. The smallest absolute Gasteiger partial charge is 0.233 e. The Bertz CT molecular complexity index is 699. The summed E-state index contributed by atoms with van der Waals surface area (Å²) in [6, 6.07) is 10.7. The van der Waals surface area contributed by atoms with Crippen LogP contribution in [-0.2, 0) is 9.59 Å². The van der Waals surface area contributed by atoms with Crippen LogP contribution in [0.5, 0.6) is 0 Å². The topological polar surface area (TPSA) is 58.2 Å². The Morgan fingerprint density at radius 3 is 2.22 bits per heavy atom. The van der Waals surface area contributed by atoms with E-state index >= 15 is 0 Å². The molecule has 0 radical (unpaired) electrons. The molecule has 0 aliphatic heterocycles. The fraction of sp³-hybridized carbons (Fsp3) is 0.176. The molecule has 0 saturated carbocycles. The van der Waals surface area contributed by atoms with Crippen LogP contribution in [-0.4, -0.2) is 11.8 Å². The van der Waals surface area contributed by atoms with Gasteiger partial charge >= 0.3 is 0 Å². The monoisotopic (exact) mass is 394 g/mol. The number of hydrogen-bond donors (Lipinski definition) is 2. The van der Waals surface area contributed by atoms with Gasteiger partial charge in [-0.05, 0) is 71.2 Å².